The van der Waals surface area contributed by atoms with Gasteiger partial charge in [-0.3, -0.25) is 14.9 Å². The molecule has 0 spiro atoms. The van der Waals surface area contributed by atoms with Crippen molar-refractivity contribution in [3.05, 3.63) is 75.0 Å². The highest BCUT2D eigenvalue weighted by molar-refractivity contribution is 6.33. The van der Waals surface area contributed by atoms with Gasteiger partial charge < -0.3 is 13.9 Å². The fourth-order valence-electron chi connectivity index (χ4n) is 3.28. The highest BCUT2D eigenvalue weighted by Crippen LogP contribution is 2.36. The Morgan fingerprint density at radius 1 is 1.18 bits per heavy atom. The van der Waals surface area contributed by atoms with Crippen molar-refractivity contribution in [3.63, 3.8) is 0 Å². The number of carbonyl (C=O) groups is 1. The van der Waals surface area contributed by atoms with Gasteiger partial charge in [0, 0.05) is 17.7 Å². The van der Waals surface area contributed by atoms with Crippen molar-refractivity contribution in [1.29, 1.82) is 0 Å². The molecule has 3 aromatic rings. The third-order valence-corrected chi connectivity index (χ3v) is 5.51. The van der Waals surface area contributed by atoms with E-state index in [4.69, 9.17) is 25.5 Å². The Morgan fingerprint density at radius 3 is 2.71 bits per heavy atom. The molecule has 1 amide bonds. The molecule has 1 aliphatic rings. The number of amides is 1. The Bertz CT molecular complexity index is 1280. The molecule has 34 heavy (non-hydrogen) atoms. The average molecular weight is 484 g/mol. The molecule has 0 saturated heterocycles. The van der Waals surface area contributed by atoms with Crippen LogP contribution in [0.25, 0.3) is 11.3 Å². The van der Waals surface area contributed by atoms with Crippen LogP contribution in [0.2, 0.25) is 5.02 Å². The number of hydrogen-bond acceptors (Lipinski definition) is 7. The van der Waals surface area contributed by atoms with E-state index in [1.807, 2.05) is 18.2 Å². The second-order valence-electron chi connectivity index (χ2n) is 8.69. The van der Waals surface area contributed by atoms with Gasteiger partial charge in [-0.1, -0.05) is 38.4 Å². The van der Waals surface area contributed by atoms with Gasteiger partial charge >= 0.3 is 0 Å². The van der Waals surface area contributed by atoms with Crippen molar-refractivity contribution in [2.24, 2.45) is 5.10 Å². The number of nitro benzene ring substituents is 1. The lowest BCUT2D eigenvalue weighted by Crippen LogP contribution is -2.42. The SMILES string of the molecule is CC(C)(C)c1ccc2c(c1)OC(C(=O)N/N=C\c1ccc(-c3cc([N+](=O)[O-])ccc3Cl)o1)CO2. The number of hydrogen-bond donors (Lipinski definition) is 1. The van der Waals surface area contributed by atoms with Crippen molar-refractivity contribution in [3.8, 4) is 22.8 Å². The zero-order chi connectivity index (χ0) is 24.5. The van der Waals surface area contributed by atoms with Crippen LogP contribution >= 0.6 is 11.6 Å². The first-order valence-corrected chi connectivity index (χ1v) is 10.8. The molecular formula is C24H22ClN3O6. The lowest BCUT2D eigenvalue weighted by Gasteiger charge is -2.27. The van der Waals surface area contributed by atoms with Crippen LogP contribution in [-0.4, -0.2) is 29.8 Å². The summed E-state index contributed by atoms with van der Waals surface area (Å²) in [4.78, 5) is 23.0. The number of nitrogens with zero attached hydrogens (tertiary/aromatic N) is 2. The summed E-state index contributed by atoms with van der Waals surface area (Å²) in [7, 11) is 0. The molecule has 2 aromatic carbocycles. The van der Waals surface area contributed by atoms with Gasteiger partial charge in [-0.15, -0.1) is 0 Å². The van der Waals surface area contributed by atoms with Gasteiger partial charge in [0.05, 0.1) is 16.2 Å². The number of halogens is 1. The number of ether oxygens (including phenoxy) is 2. The Balaban J connectivity index is 1.41. The molecule has 0 fully saturated rings. The molecule has 1 atom stereocenters. The lowest BCUT2D eigenvalue weighted by atomic mass is 9.87. The predicted octanol–water partition coefficient (Wildman–Crippen LogP) is 5.10. The summed E-state index contributed by atoms with van der Waals surface area (Å²) in [6.07, 6.45) is 0.442. The molecule has 10 heteroatoms. The lowest BCUT2D eigenvalue weighted by molar-refractivity contribution is -0.384. The number of fused-ring (bicyclic) bond motifs is 1. The first kappa shape index (κ1) is 23.3. The maximum absolute atomic E-state index is 12.5. The van der Waals surface area contributed by atoms with Gasteiger partial charge in [-0.05, 0) is 41.3 Å². The van der Waals surface area contributed by atoms with E-state index < -0.39 is 16.9 Å². The Labute approximate surface area is 200 Å². The second-order valence-corrected chi connectivity index (χ2v) is 9.09. The van der Waals surface area contributed by atoms with E-state index >= 15 is 0 Å². The van der Waals surface area contributed by atoms with Crippen LogP contribution in [0.4, 0.5) is 5.69 Å². The minimum atomic E-state index is -0.865. The normalized spacial score (nSPS) is 15.4. The number of furan rings is 1. The summed E-state index contributed by atoms with van der Waals surface area (Å²) < 4.78 is 17.1. The number of non-ortho nitro benzene ring substituents is 1. The van der Waals surface area contributed by atoms with Crippen LogP contribution in [0.15, 0.2) is 58.0 Å². The molecule has 0 radical (unpaired) electrons. The zero-order valence-corrected chi connectivity index (χ0v) is 19.5. The largest absolute Gasteiger partial charge is 0.485 e. The molecular weight excluding hydrogens is 462 g/mol. The molecule has 1 aromatic heterocycles. The van der Waals surface area contributed by atoms with E-state index in [1.165, 1.54) is 24.4 Å². The number of rotatable bonds is 5. The van der Waals surface area contributed by atoms with Gasteiger partial charge in [0.25, 0.3) is 11.6 Å². The fraction of sp³-hybridized carbons (Fsp3) is 0.250. The van der Waals surface area contributed by atoms with Crippen LogP contribution in [0.3, 0.4) is 0 Å². The molecule has 1 aliphatic heterocycles. The smallest absolute Gasteiger partial charge is 0.284 e. The van der Waals surface area contributed by atoms with Crippen LogP contribution in [0.1, 0.15) is 32.1 Å². The monoisotopic (exact) mass is 483 g/mol. The van der Waals surface area contributed by atoms with Gasteiger partial charge in [0.2, 0.25) is 6.10 Å². The molecule has 0 aliphatic carbocycles. The summed E-state index contributed by atoms with van der Waals surface area (Å²) in [5.74, 6) is 1.27. The maximum Gasteiger partial charge on any atom is 0.284 e. The summed E-state index contributed by atoms with van der Waals surface area (Å²) >= 11 is 6.15. The fourth-order valence-corrected chi connectivity index (χ4v) is 3.49. The van der Waals surface area contributed by atoms with Gasteiger partial charge in [0.15, 0.2) is 11.5 Å². The Kier molecular flexibility index (Phi) is 6.30. The number of carbonyl (C=O) groups excluding carboxylic acids is 1. The van der Waals surface area contributed by atoms with Crippen LogP contribution in [0, 0.1) is 10.1 Å². The predicted molar refractivity (Wildman–Crippen MR) is 127 cm³/mol. The van der Waals surface area contributed by atoms with E-state index in [-0.39, 0.29) is 17.7 Å². The van der Waals surface area contributed by atoms with E-state index in [0.717, 1.165) is 5.56 Å². The molecule has 2 heterocycles. The molecule has 4 rings (SSSR count). The third-order valence-electron chi connectivity index (χ3n) is 5.18. The first-order chi connectivity index (χ1) is 16.1. The zero-order valence-electron chi connectivity index (χ0n) is 18.7. The second kappa shape index (κ2) is 9.18. The van der Waals surface area contributed by atoms with Gasteiger partial charge in [0.1, 0.15) is 18.1 Å². The van der Waals surface area contributed by atoms with Crippen molar-refractivity contribution in [2.45, 2.75) is 32.3 Å². The summed E-state index contributed by atoms with van der Waals surface area (Å²) in [5.41, 5.74) is 3.67. The first-order valence-electron chi connectivity index (χ1n) is 10.4. The number of nitro groups is 1. The van der Waals surface area contributed by atoms with E-state index in [0.29, 0.717) is 33.6 Å². The van der Waals surface area contributed by atoms with E-state index in [1.54, 1.807) is 12.1 Å². The average Bonchev–Trinajstić information content (AvgIpc) is 3.26. The molecule has 1 unspecified atom stereocenters. The number of benzene rings is 2. The van der Waals surface area contributed by atoms with Crippen molar-refractivity contribution in [1.82, 2.24) is 5.43 Å². The van der Waals surface area contributed by atoms with Gasteiger partial charge in [-0.25, -0.2) is 5.43 Å². The maximum atomic E-state index is 12.5. The molecule has 0 saturated carbocycles. The van der Waals surface area contributed by atoms with Crippen molar-refractivity contribution < 1.29 is 23.6 Å². The highest BCUT2D eigenvalue weighted by Gasteiger charge is 2.28. The minimum absolute atomic E-state index is 0.0550. The standard InChI is InChI=1S/C24H22ClN3O6/c1-24(2,3)14-4-8-20-21(10-14)34-22(13-32-20)23(29)27-26-12-16-6-9-19(33-16)17-11-15(28(30)31)5-7-18(17)25/h4-12,22H,13H2,1-3H3,(H,27,29)/b26-12-. The van der Waals surface area contributed by atoms with Crippen LogP contribution in [0.5, 0.6) is 11.5 Å². The highest BCUT2D eigenvalue weighted by atomic mass is 35.5. The third kappa shape index (κ3) is 5.04. The molecule has 0 bridgehead atoms. The van der Waals surface area contributed by atoms with Crippen molar-refractivity contribution in [2.75, 3.05) is 6.61 Å². The topological polar surface area (TPSA) is 116 Å². The number of nitrogens with one attached hydrogen (secondary N) is 1. The number of hydrazone groups is 1. The Hall–Kier alpha value is -3.85. The summed E-state index contributed by atoms with van der Waals surface area (Å²) in [6, 6.07) is 13.0. The van der Waals surface area contributed by atoms with E-state index in [2.05, 4.69) is 31.3 Å². The van der Waals surface area contributed by atoms with E-state index in [9.17, 15) is 14.9 Å². The molecule has 1 N–H and O–H groups in total. The Morgan fingerprint density at radius 2 is 1.97 bits per heavy atom. The molecule has 176 valence electrons. The quantitative estimate of drug-likeness (QED) is 0.306. The summed E-state index contributed by atoms with van der Waals surface area (Å²) in [5, 5.41) is 15.2. The van der Waals surface area contributed by atoms with Crippen molar-refractivity contribution >= 4 is 29.4 Å². The van der Waals surface area contributed by atoms with Gasteiger partial charge in [-0.2, -0.15) is 5.10 Å². The van der Waals surface area contributed by atoms with Crippen LogP contribution in [-0.2, 0) is 10.2 Å². The van der Waals surface area contributed by atoms with Crippen LogP contribution < -0.4 is 14.9 Å². The minimum Gasteiger partial charge on any atom is -0.485 e. The summed E-state index contributed by atoms with van der Waals surface area (Å²) in [6.45, 7) is 6.32. The molecule has 9 nitrogen and oxygen atoms in total.